The third kappa shape index (κ3) is 3.24. The van der Waals surface area contributed by atoms with Gasteiger partial charge in [0.25, 0.3) is 0 Å². The van der Waals surface area contributed by atoms with E-state index in [2.05, 4.69) is 41.5 Å². The number of rotatable bonds is 1. The molecule has 0 unspecified atom stereocenters. The maximum Gasteiger partial charge on any atom is 0.0667 e. The lowest BCUT2D eigenvalue weighted by Crippen LogP contribution is -2.39. The molecule has 1 heteroatoms. The van der Waals surface area contributed by atoms with E-state index in [0.29, 0.717) is 6.10 Å². The first-order chi connectivity index (χ1) is 4.69. The molecule has 11 heavy (non-hydrogen) atoms. The molecule has 0 heterocycles. The summed E-state index contributed by atoms with van der Waals surface area (Å²) >= 11 is 0. The van der Waals surface area contributed by atoms with E-state index in [4.69, 9.17) is 4.74 Å². The average Bonchev–Trinajstić information content (AvgIpc) is 1.56. The second kappa shape index (κ2) is 3.14. The van der Waals surface area contributed by atoms with Gasteiger partial charge in [-0.05, 0) is 10.8 Å². The summed E-state index contributed by atoms with van der Waals surface area (Å²) in [5, 5.41) is 0. The molecule has 0 atom stereocenters. The van der Waals surface area contributed by atoms with Crippen LogP contribution < -0.4 is 0 Å². The molecular formula is C10H22O. The van der Waals surface area contributed by atoms with Gasteiger partial charge in [0.2, 0.25) is 0 Å². The lowest BCUT2D eigenvalue weighted by molar-refractivity contribution is -0.0562. The highest BCUT2D eigenvalue weighted by Crippen LogP contribution is 2.35. The maximum absolute atomic E-state index is 5.48. The van der Waals surface area contributed by atoms with Crippen molar-refractivity contribution in [3.8, 4) is 0 Å². The Morgan fingerprint density at radius 2 is 1.09 bits per heavy atom. The fourth-order valence-electron chi connectivity index (χ4n) is 2.01. The van der Waals surface area contributed by atoms with Crippen LogP contribution in [-0.4, -0.2) is 13.2 Å². The smallest absolute Gasteiger partial charge is 0.0667 e. The molecular weight excluding hydrogens is 136 g/mol. The number of ether oxygens (including phenoxy) is 1. The van der Waals surface area contributed by atoms with E-state index in [1.54, 1.807) is 7.11 Å². The SMILES string of the molecule is COC(C(C)(C)C)C(C)(C)C. The summed E-state index contributed by atoms with van der Waals surface area (Å²) in [5.74, 6) is 0. The Balaban J connectivity index is 4.43. The Hall–Kier alpha value is -0.0400. The van der Waals surface area contributed by atoms with Gasteiger partial charge in [0.1, 0.15) is 0 Å². The van der Waals surface area contributed by atoms with Gasteiger partial charge in [-0.3, -0.25) is 0 Å². The lowest BCUT2D eigenvalue weighted by atomic mass is 9.74. The van der Waals surface area contributed by atoms with E-state index in [1.165, 1.54) is 0 Å². The van der Waals surface area contributed by atoms with E-state index in [9.17, 15) is 0 Å². The third-order valence-corrected chi connectivity index (χ3v) is 1.81. The van der Waals surface area contributed by atoms with Gasteiger partial charge in [0, 0.05) is 7.11 Å². The molecule has 0 spiro atoms. The molecule has 0 aliphatic rings. The van der Waals surface area contributed by atoms with E-state index < -0.39 is 0 Å². The minimum atomic E-state index is 0.229. The molecule has 0 rings (SSSR count). The standard InChI is InChI=1S/C10H22O/c1-9(2,3)8(11-7)10(4,5)6/h8H,1-7H3. The van der Waals surface area contributed by atoms with Crippen molar-refractivity contribution < 1.29 is 4.74 Å². The highest BCUT2D eigenvalue weighted by molar-refractivity contribution is 4.84. The highest BCUT2D eigenvalue weighted by atomic mass is 16.5. The van der Waals surface area contributed by atoms with Crippen LogP contribution in [0.4, 0.5) is 0 Å². The van der Waals surface area contributed by atoms with Crippen molar-refractivity contribution in [1.29, 1.82) is 0 Å². The molecule has 0 amide bonds. The van der Waals surface area contributed by atoms with E-state index in [1.807, 2.05) is 0 Å². The topological polar surface area (TPSA) is 9.23 Å². The summed E-state index contributed by atoms with van der Waals surface area (Å²) in [6, 6.07) is 0. The zero-order valence-corrected chi connectivity index (χ0v) is 8.99. The van der Waals surface area contributed by atoms with Crippen molar-refractivity contribution in [3.05, 3.63) is 0 Å². The third-order valence-electron chi connectivity index (χ3n) is 1.81. The van der Waals surface area contributed by atoms with Crippen LogP contribution in [0.15, 0.2) is 0 Å². The molecule has 68 valence electrons. The van der Waals surface area contributed by atoms with Gasteiger partial charge in [-0.1, -0.05) is 41.5 Å². The Morgan fingerprint density at radius 3 is 1.09 bits per heavy atom. The Kier molecular flexibility index (Phi) is 3.13. The summed E-state index contributed by atoms with van der Waals surface area (Å²) in [4.78, 5) is 0. The number of hydrogen-bond donors (Lipinski definition) is 0. The maximum atomic E-state index is 5.48. The Labute approximate surface area is 71.1 Å². The number of hydrogen-bond acceptors (Lipinski definition) is 1. The molecule has 0 saturated heterocycles. The quantitative estimate of drug-likeness (QED) is 0.570. The molecule has 1 nitrogen and oxygen atoms in total. The summed E-state index contributed by atoms with van der Waals surface area (Å²) in [5.41, 5.74) is 0.458. The van der Waals surface area contributed by atoms with Crippen molar-refractivity contribution in [3.63, 3.8) is 0 Å². The van der Waals surface area contributed by atoms with Gasteiger partial charge < -0.3 is 4.74 Å². The zero-order valence-electron chi connectivity index (χ0n) is 8.99. The lowest BCUT2D eigenvalue weighted by Gasteiger charge is -2.39. The Morgan fingerprint density at radius 1 is 0.818 bits per heavy atom. The van der Waals surface area contributed by atoms with Gasteiger partial charge in [0.05, 0.1) is 6.10 Å². The van der Waals surface area contributed by atoms with Crippen LogP contribution in [-0.2, 0) is 4.74 Å². The number of methoxy groups -OCH3 is 1. The predicted octanol–water partition coefficient (Wildman–Crippen LogP) is 3.09. The van der Waals surface area contributed by atoms with Gasteiger partial charge >= 0.3 is 0 Å². The van der Waals surface area contributed by atoms with Gasteiger partial charge in [0.15, 0.2) is 0 Å². The molecule has 0 aliphatic carbocycles. The second-order valence-electron chi connectivity index (χ2n) is 5.35. The van der Waals surface area contributed by atoms with Crippen LogP contribution in [0, 0.1) is 10.8 Å². The predicted molar refractivity (Wildman–Crippen MR) is 49.7 cm³/mol. The second-order valence-corrected chi connectivity index (χ2v) is 5.35. The van der Waals surface area contributed by atoms with Gasteiger partial charge in [-0.2, -0.15) is 0 Å². The first-order valence-corrected chi connectivity index (χ1v) is 4.22. The summed E-state index contributed by atoms with van der Waals surface area (Å²) < 4.78 is 5.48. The normalized spacial score (nSPS) is 14.2. The fourth-order valence-corrected chi connectivity index (χ4v) is 2.01. The highest BCUT2D eigenvalue weighted by Gasteiger charge is 2.34. The van der Waals surface area contributed by atoms with Crippen LogP contribution in [0.1, 0.15) is 41.5 Å². The molecule has 0 radical (unpaired) electrons. The van der Waals surface area contributed by atoms with E-state index in [-0.39, 0.29) is 10.8 Å². The molecule has 0 aromatic carbocycles. The van der Waals surface area contributed by atoms with Crippen LogP contribution in [0.2, 0.25) is 0 Å². The van der Waals surface area contributed by atoms with Crippen LogP contribution in [0.5, 0.6) is 0 Å². The summed E-state index contributed by atoms with van der Waals surface area (Å²) in [6.07, 6.45) is 0.315. The zero-order chi connectivity index (χ0) is 9.28. The minimum Gasteiger partial charge on any atom is -0.380 e. The fraction of sp³-hybridized carbons (Fsp3) is 1.00. The molecule has 0 aromatic rings. The van der Waals surface area contributed by atoms with Crippen molar-refractivity contribution in [2.75, 3.05) is 7.11 Å². The monoisotopic (exact) mass is 158 g/mol. The molecule has 0 bridgehead atoms. The average molecular weight is 158 g/mol. The summed E-state index contributed by atoms with van der Waals surface area (Å²) in [6.45, 7) is 13.3. The van der Waals surface area contributed by atoms with E-state index >= 15 is 0 Å². The van der Waals surface area contributed by atoms with Gasteiger partial charge in [-0.25, -0.2) is 0 Å². The van der Waals surface area contributed by atoms with Crippen LogP contribution in [0.3, 0.4) is 0 Å². The minimum absolute atomic E-state index is 0.229. The Bertz CT molecular complexity index is 99.8. The van der Waals surface area contributed by atoms with Gasteiger partial charge in [-0.15, -0.1) is 0 Å². The first kappa shape index (κ1) is 11.0. The molecule has 0 aromatic heterocycles. The van der Waals surface area contributed by atoms with Crippen molar-refractivity contribution in [2.45, 2.75) is 47.6 Å². The van der Waals surface area contributed by atoms with Crippen molar-refractivity contribution >= 4 is 0 Å². The molecule has 0 N–H and O–H groups in total. The molecule has 0 aliphatic heterocycles. The van der Waals surface area contributed by atoms with Crippen LogP contribution >= 0.6 is 0 Å². The molecule has 0 fully saturated rings. The van der Waals surface area contributed by atoms with Crippen molar-refractivity contribution in [1.82, 2.24) is 0 Å². The largest absolute Gasteiger partial charge is 0.380 e. The first-order valence-electron chi connectivity index (χ1n) is 4.22. The molecule has 0 saturated carbocycles. The van der Waals surface area contributed by atoms with E-state index in [0.717, 1.165) is 0 Å². The summed E-state index contributed by atoms with van der Waals surface area (Å²) in [7, 11) is 1.79. The van der Waals surface area contributed by atoms with Crippen LogP contribution in [0.25, 0.3) is 0 Å². The van der Waals surface area contributed by atoms with Crippen molar-refractivity contribution in [2.24, 2.45) is 10.8 Å².